The quantitative estimate of drug-likeness (QED) is 0.388. The molecule has 0 aliphatic carbocycles. The summed E-state index contributed by atoms with van der Waals surface area (Å²) in [5.41, 5.74) is 0.357. The molecule has 1 aromatic heterocycles. The third kappa shape index (κ3) is 5.44. The van der Waals surface area contributed by atoms with Gasteiger partial charge in [0.05, 0.1) is 9.82 Å². The molecule has 1 fully saturated rings. The monoisotopic (exact) mass is 415 g/mol. The zero-order chi connectivity index (χ0) is 20.8. The molecule has 3 rings (SSSR count). The van der Waals surface area contributed by atoms with Crippen molar-refractivity contribution < 1.29 is 9.72 Å². The van der Waals surface area contributed by atoms with Crippen molar-refractivity contribution in [2.75, 3.05) is 36.8 Å². The van der Waals surface area contributed by atoms with Gasteiger partial charge in [-0.05, 0) is 36.3 Å². The molecule has 1 aromatic carbocycles. The summed E-state index contributed by atoms with van der Waals surface area (Å²) >= 11 is 1.47. The van der Waals surface area contributed by atoms with Crippen LogP contribution in [0.15, 0.2) is 41.6 Å². The second-order valence-corrected chi connectivity index (χ2v) is 8.44. The summed E-state index contributed by atoms with van der Waals surface area (Å²) in [5, 5.41) is 11.5. The Bertz CT molecular complexity index is 854. The lowest BCUT2D eigenvalue weighted by Crippen LogP contribution is -2.49. The number of thioether (sulfide) groups is 1. The van der Waals surface area contributed by atoms with Gasteiger partial charge in [0.25, 0.3) is 11.6 Å². The van der Waals surface area contributed by atoms with E-state index in [1.165, 1.54) is 17.8 Å². The van der Waals surface area contributed by atoms with Crippen LogP contribution in [-0.2, 0) is 0 Å². The van der Waals surface area contributed by atoms with Crippen LogP contribution in [0.3, 0.4) is 0 Å². The van der Waals surface area contributed by atoms with Crippen molar-refractivity contribution in [3.8, 4) is 0 Å². The van der Waals surface area contributed by atoms with Crippen LogP contribution in [-0.4, -0.2) is 57.6 Å². The number of rotatable bonds is 7. The number of anilines is 1. The first kappa shape index (κ1) is 21.0. The molecule has 1 amide bonds. The van der Waals surface area contributed by atoms with Crippen LogP contribution in [0.5, 0.6) is 0 Å². The van der Waals surface area contributed by atoms with E-state index in [1.54, 1.807) is 35.5 Å². The standard InChI is InChI=1S/C20H25N5O3S/c1-15(2)6-13-29-18-5-4-16(14-17(18)25(27)28)19(26)23-9-11-24(12-10-23)20-21-7-3-8-22-20/h3-5,7-8,14-15H,6,9-13H2,1-2H3. The first-order valence-electron chi connectivity index (χ1n) is 9.68. The van der Waals surface area contributed by atoms with Crippen LogP contribution in [0.4, 0.5) is 11.6 Å². The summed E-state index contributed by atoms with van der Waals surface area (Å²) in [7, 11) is 0. The maximum absolute atomic E-state index is 12.9. The third-order valence-electron chi connectivity index (χ3n) is 4.76. The topological polar surface area (TPSA) is 92.5 Å². The zero-order valence-electron chi connectivity index (χ0n) is 16.7. The minimum absolute atomic E-state index is 0.000859. The number of amides is 1. The Morgan fingerprint density at radius 2 is 1.90 bits per heavy atom. The molecule has 0 radical (unpaired) electrons. The van der Waals surface area contributed by atoms with E-state index in [2.05, 4.69) is 23.8 Å². The zero-order valence-corrected chi connectivity index (χ0v) is 17.5. The van der Waals surface area contributed by atoms with Gasteiger partial charge >= 0.3 is 0 Å². The molecular weight excluding hydrogens is 390 g/mol. The number of hydrogen-bond donors (Lipinski definition) is 0. The average molecular weight is 416 g/mol. The predicted molar refractivity (Wildman–Crippen MR) is 113 cm³/mol. The summed E-state index contributed by atoms with van der Waals surface area (Å²) in [6, 6.07) is 6.57. The SMILES string of the molecule is CC(C)CCSc1ccc(C(=O)N2CCN(c3ncccn3)CC2)cc1[N+](=O)[O-]. The van der Waals surface area contributed by atoms with E-state index >= 15 is 0 Å². The maximum Gasteiger partial charge on any atom is 0.283 e. The van der Waals surface area contributed by atoms with Gasteiger partial charge in [-0.25, -0.2) is 9.97 Å². The average Bonchev–Trinajstić information content (AvgIpc) is 2.74. The van der Waals surface area contributed by atoms with E-state index in [1.807, 2.05) is 4.90 Å². The lowest BCUT2D eigenvalue weighted by molar-refractivity contribution is -0.387. The normalized spacial score (nSPS) is 14.3. The number of carbonyl (C=O) groups is 1. The van der Waals surface area contributed by atoms with E-state index in [-0.39, 0.29) is 11.6 Å². The van der Waals surface area contributed by atoms with Crippen molar-refractivity contribution in [1.82, 2.24) is 14.9 Å². The number of benzene rings is 1. The number of piperazine rings is 1. The fourth-order valence-electron chi connectivity index (χ4n) is 3.07. The molecule has 1 saturated heterocycles. The van der Waals surface area contributed by atoms with Gasteiger partial charge in [-0.1, -0.05) is 13.8 Å². The Morgan fingerprint density at radius 3 is 2.52 bits per heavy atom. The highest BCUT2D eigenvalue weighted by Gasteiger charge is 2.25. The van der Waals surface area contributed by atoms with Crippen LogP contribution in [0.1, 0.15) is 30.6 Å². The van der Waals surface area contributed by atoms with E-state index in [9.17, 15) is 14.9 Å². The summed E-state index contributed by atoms with van der Waals surface area (Å²) < 4.78 is 0. The van der Waals surface area contributed by atoms with Gasteiger partial charge in [0.15, 0.2) is 0 Å². The molecule has 0 N–H and O–H groups in total. The van der Waals surface area contributed by atoms with E-state index in [0.717, 1.165) is 12.2 Å². The Balaban J connectivity index is 1.66. The summed E-state index contributed by atoms with van der Waals surface area (Å²) in [4.78, 5) is 36.8. The molecular formula is C20H25N5O3S. The van der Waals surface area contributed by atoms with Gasteiger partial charge in [-0.15, -0.1) is 11.8 Å². The number of nitro groups is 1. The van der Waals surface area contributed by atoms with Crippen molar-refractivity contribution in [3.63, 3.8) is 0 Å². The summed E-state index contributed by atoms with van der Waals surface area (Å²) in [5.74, 6) is 1.83. The molecule has 2 heterocycles. The highest BCUT2D eigenvalue weighted by Crippen LogP contribution is 2.31. The second-order valence-electron chi connectivity index (χ2n) is 7.30. The highest BCUT2D eigenvalue weighted by atomic mass is 32.2. The van der Waals surface area contributed by atoms with Crippen LogP contribution in [0.2, 0.25) is 0 Å². The number of carbonyl (C=O) groups excluding carboxylic acids is 1. The molecule has 2 aromatic rings. The van der Waals surface area contributed by atoms with Gasteiger partial charge < -0.3 is 9.80 Å². The van der Waals surface area contributed by atoms with E-state index < -0.39 is 4.92 Å². The van der Waals surface area contributed by atoms with E-state index in [4.69, 9.17) is 0 Å². The lowest BCUT2D eigenvalue weighted by Gasteiger charge is -2.34. The molecule has 0 unspecified atom stereocenters. The number of nitrogens with zero attached hydrogens (tertiary/aromatic N) is 5. The Hall–Kier alpha value is -2.68. The van der Waals surface area contributed by atoms with Crippen molar-refractivity contribution in [2.45, 2.75) is 25.2 Å². The molecule has 29 heavy (non-hydrogen) atoms. The summed E-state index contributed by atoms with van der Waals surface area (Å²) in [6.45, 7) is 6.55. The van der Waals surface area contributed by atoms with Crippen LogP contribution >= 0.6 is 11.8 Å². The van der Waals surface area contributed by atoms with Crippen LogP contribution in [0.25, 0.3) is 0 Å². The van der Waals surface area contributed by atoms with Crippen LogP contribution in [0, 0.1) is 16.0 Å². The van der Waals surface area contributed by atoms with Crippen molar-refractivity contribution in [3.05, 3.63) is 52.3 Å². The van der Waals surface area contributed by atoms with E-state index in [0.29, 0.717) is 48.5 Å². The molecule has 1 aliphatic rings. The van der Waals surface area contributed by atoms with Gasteiger partial charge in [-0.3, -0.25) is 14.9 Å². The van der Waals surface area contributed by atoms with Crippen molar-refractivity contribution in [2.24, 2.45) is 5.92 Å². The Kier molecular flexibility index (Phi) is 7.03. The van der Waals surface area contributed by atoms with Crippen molar-refractivity contribution >= 4 is 29.3 Å². The second kappa shape index (κ2) is 9.69. The van der Waals surface area contributed by atoms with Crippen molar-refractivity contribution in [1.29, 1.82) is 0 Å². The molecule has 9 heteroatoms. The molecule has 1 aliphatic heterocycles. The smallest absolute Gasteiger partial charge is 0.283 e. The maximum atomic E-state index is 12.9. The Morgan fingerprint density at radius 1 is 1.21 bits per heavy atom. The first-order valence-corrected chi connectivity index (χ1v) is 10.7. The van der Waals surface area contributed by atoms with Crippen LogP contribution < -0.4 is 4.90 Å². The molecule has 0 atom stereocenters. The largest absolute Gasteiger partial charge is 0.337 e. The minimum atomic E-state index is -0.404. The molecule has 8 nitrogen and oxygen atoms in total. The fraction of sp³-hybridized carbons (Fsp3) is 0.450. The third-order valence-corrected chi connectivity index (χ3v) is 5.85. The lowest BCUT2D eigenvalue weighted by atomic mass is 10.1. The van der Waals surface area contributed by atoms with Gasteiger partial charge in [-0.2, -0.15) is 0 Å². The Labute approximate surface area is 174 Å². The first-order chi connectivity index (χ1) is 14.0. The molecule has 0 saturated carbocycles. The van der Waals surface area contributed by atoms with Gasteiger partial charge in [0.1, 0.15) is 0 Å². The molecule has 154 valence electrons. The highest BCUT2D eigenvalue weighted by molar-refractivity contribution is 7.99. The molecule has 0 bridgehead atoms. The summed E-state index contributed by atoms with van der Waals surface area (Å²) in [6.07, 6.45) is 4.37. The fourth-order valence-corrected chi connectivity index (χ4v) is 4.32. The minimum Gasteiger partial charge on any atom is -0.337 e. The number of hydrogen-bond acceptors (Lipinski definition) is 7. The van der Waals surface area contributed by atoms with Gasteiger partial charge in [0.2, 0.25) is 5.95 Å². The predicted octanol–water partition coefficient (Wildman–Crippen LogP) is 3.49. The number of aromatic nitrogens is 2. The molecule has 0 spiro atoms. The van der Waals surface area contributed by atoms with Gasteiger partial charge in [0, 0.05) is 50.2 Å². The number of nitro benzene ring substituents is 1.